The van der Waals surface area contributed by atoms with E-state index in [4.69, 9.17) is 13.6 Å². The number of carbonyl (C=O) groups excluding carboxylic acids is 2. The minimum atomic E-state index is -0.916. The first-order valence-corrected chi connectivity index (χ1v) is 9.47. The van der Waals surface area contributed by atoms with Crippen molar-refractivity contribution in [2.45, 2.75) is 25.1 Å². The molecule has 0 bridgehead atoms. The third kappa shape index (κ3) is 4.31. The van der Waals surface area contributed by atoms with Gasteiger partial charge in [-0.15, -0.1) is 0 Å². The monoisotopic (exact) mass is 397 g/mol. The quantitative estimate of drug-likeness (QED) is 0.546. The second kappa shape index (κ2) is 8.55. The van der Waals surface area contributed by atoms with Gasteiger partial charge in [0, 0.05) is 5.75 Å². The number of nitrogens with zero attached hydrogens (tertiary/aromatic N) is 1. The highest BCUT2D eigenvalue weighted by Gasteiger charge is 2.37. The fourth-order valence-electron chi connectivity index (χ4n) is 2.67. The first-order valence-electron chi connectivity index (χ1n) is 8.31. The van der Waals surface area contributed by atoms with Crippen LogP contribution in [0, 0.1) is 0 Å². The van der Waals surface area contributed by atoms with E-state index in [0.29, 0.717) is 11.1 Å². The topological polar surface area (TPSA) is 144 Å². The first-order chi connectivity index (χ1) is 13.0. The molecule has 2 aromatic rings. The number of carbonyl (C=O) groups is 2. The van der Waals surface area contributed by atoms with Crippen LogP contribution in [0.3, 0.4) is 0 Å². The number of rotatable bonds is 8. The molecular weight excluding hydrogens is 378 g/mol. The van der Waals surface area contributed by atoms with Crippen molar-refractivity contribution in [1.29, 1.82) is 0 Å². The van der Waals surface area contributed by atoms with Crippen molar-refractivity contribution in [3.05, 3.63) is 22.9 Å². The number of aliphatic hydroxyl groups is 1. The van der Waals surface area contributed by atoms with Gasteiger partial charge in [-0.1, -0.05) is 6.92 Å². The van der Waals surface area contributed by atoms with E-state index in [9.17, 15) is 19.5 Å². The van der Waals surface area contributed by atoms with Crippen molar-refractivity contribution in [3.8, 4) is 0 Å². The Kier molecular flexibility index (Phi) is 6.14. The highest BCUT2D eigenvalue weighted by molar-refractivity contribution is 7.99. The van der Waals surface area contributed by atoms with E-state index >= 15 is 0 Å². The Morgan fingerprint density at radius 2 is 2.30 bits per heavy atom. The lowest BCUT2D eigenvalue weighted by atomic mass is 10.1. The highest BCUT2D eigenvalue weighted by Crippen LogP contribution is 2.22. The number of hydrogen-bond acceptors (Lipinski definition) is 10. The van der Waals surface area contributed by atoms with Gasteiger partial charge in [-0.25, -0.2) is 4.79 Å². The van der Waals surface area contributed by atoms with Gasteiger partial charge in [-0.05, 0) is 11.8 Å². The van der Waals surface area contributed by atoms with Crippen LogP contribution in [0.25, 0.3) is 11.2 Å². The highest BCUT2D eigenvalue weighted by atomic mass is 32.2. The van der Waals surface area contributed by atoms with Crippen LogP contribution in [0.2, 0.25) is 0 Å². The van der Waals surface area contributed by atoms with E-state index < -0.39 is 29.9 Å². The van der Waals surface area contributed by atoms with E-state index in [2.05, 4.69) is 15.6 Å². The molecule has 11 heteroatoms. The molecule has 0 aromatic carbocycles. The fourth-order valence-corrected chi connectivity index (χ4v) is 3.37. The van der Waals surface area contributed by atoms with E-state index in [1.807, 2.05) is 6.92 Å². The van der Waals surface area contributed by atoms with Crippen LogP contribution in [-0.4, -0.2) is 64.7 Å². The van der Waals surface area contributed by atoms with Gasteiger partial charge in [0.15, 0.2) is 5.78 Å². The summed E-state index contributed by atoms with van der Waals surface area (Å²) in [6.45, 7) is 1.41. The number of furan rings is 1. The average molecular weight is 397 g/mol. The lowest BCUT2D eigenvalue weighted by Gasteiger charge is -2.22. The molecule has 1 fully saturated rings. The lowest BCUT2D eigenvalue weighted by molar-refractivity contribution is -0.126. The van der Waals surface area contributed by atoms with Crippen molar-refractivity contribution in [1.82, 2.24) is 10.3 Å². The van der Waals surface area contributed by atoms with Gasteiger partial charge in [0.2, 0.25) is 5.91 Å². The standard InChI is InChI=1S/C16H19N3O7S/c1-2-27-7-9(14(22)18-12-10(21)6-25-11(12)5-20)17-13-8-3-4-24-15(8)26-16(23)19-13/h3-4,9,11-12,20H,2,5-7H2,1H3,(H,18,22)(H,17,19,23). The third-order valence-electron chi connectivity index (χ3n) is 4.02. The van der Waals surface area contributed by atoms with Crippen LogP contribution in [0.4, 0.5) is 5.82 Å². The Labute approximate surface area is 157 Å². The number of ether oxygens (including phenoxy) is 1. The van der Waals surface area contributed by atoms with Crippen LogP contribution in [-0.2, 0) is 14.3 Å². The predicted octanol–water partition coefficient (Wildman–Crippen LogP) is -0.240. The second-order valence-corrected chi connectivity index (χ2v) is 7.11. The molecule has 2 aromatic heterocycles. The molecule has 0 radical (unpaired) electrons. The summed E-state index contributed by atoms with van der Waals surface area (Å²) in [5, 5.41) is 15.3. The summed E-state index contributed by atoms with van der Waals surface area (Å²) >= 11 is 1.50. The molecule has 0 aliphatic carbocycles. The van der Waals surface area contributed by atoms with Crippen LogP contribution in [0.15, 0.2) is 26.0 Å². The van der Waals surface area contributed by atoms with Gasteiger partial charge in [-0.2, -0.15) is 16.7 Å². The number of thioether (sulfide) groups is 1. The van der Waals surface area contributed by atoms with Gasteiger partial charge in [0.25, 0.3) is 0 Å². The molecule has 3 heterocycles. The summed E-state index contributed by atoms with van der Waals surface area (Å²) in [6, 6.07) is -0.137. The Hall–Kier alpha value is -2.37. The molecule has 3 rings (SSSR count). The number of fused-ring (bicyclic) bond motifs is 1. The predicted molar refractivity (Wildman–Crippen MR) is 96.7 cm³/mol. The molecule has 3 unspecified atom stereocenters. The zero-order valence-electron chi connectivity index (χ0n) is 14.5. The number of amides is 1. The molecule has 1 amide bonds. The molecule has 0 spiro atoms. The van der Waals surface area contributed by atoms with E-state index in [0.717, 1.165) is 5.75 Å². The summed E-state index contributed by atoms with van der Waals surface area (Å²) < 4.78 is 15.1. The van der Waals surface area contributed by atoms with Crippen molar-refractivity contribution in [3.63, 3.8) is 0 Å². The number of ketones is 1. The number of hydrogen-bond donors (Lipinski definition) is 3. The Bertz CT molecular complexity index is 880. The summed E-state index contributed by atoms with van der Waals surface area (Å²) in [4.78, 5) is 40.0. The van der Waals surface area contributed by atoms with Gasteiger partial charge in [0.1, 0.15) is 36.0 Å². The maximum absolute atomic E-state index is 12.7. The number of aromatic nitrogens is 1. The minimum absolute atomic E-state index is 0.000446. The van der Waals surface area contributed by atoms with Gasteiger partial charge >= 0.3 is 11.5 Å². The Morgan fingerprint density at radius 3 is 3.04 bits per heavy atom. The zero-order valence-corrected chi connectivity index (χ0v) is 15.3. The number of anilines is 1. The molecule has 1 aliphatic heterocycles. The van der Waals surface area contributed by atoms with Crippen molar-refractivity contribution in [2.24, 2.45) is 0 Å². The van der Waals surface area contributed by atoms with Crippen molar-refractivity contribution >= 4 is 40.4 Å². The molecule has 3 atom stereocenters. The summed E-state index contributed by atoms with van der Waals surface area (Å²) in [5.74, 6) is -0.345. The summed E-state index contributed by atoms with van der Waals surface area (Å²) in [6.07, 6.45) is 0.569. The van der Waals surface area contributed by atoms with Crippen LogP contribution in [0.1, 0.15) is 6.92 Å². The van der Waals surface area contributed by atoms with E-state index in [1.54, 1.807) is 6.07 Å². The smallest absolute Gasteiger partial charge is 0.433 e. The summed E-state index contributed by atoms with van der Waals surface area (Å²) in [5.41, 5.74) is 0. The van der Waals surface area contributed by atoms with Gasteiger partial charge in [-0.3, -0.25) is 9.59 Å². The zero-order chi connectivity index (χ0) is 19.4. The average Bonchev–Trinajstić information content (AvgIpc) is 3.25. The lowest BCUT2D eigenvalue weighted by Crippen LogP contribution is -2.52. The minimum Gasteiger partial charge on any atom is -0.433 e. The Balaban J connectivity index is 1.80. The molecule has 1 aliphatic rings. The van der Waals surface area contributed by atoms with Crippen LogP contribution < -0.4 is 16.4 Å². The van der Waals surface area contributed by atoms with Gasteiger partial charge < -0.3 is 29.3 Å². The van der Waals surface area contributed by atoms with Crippen LogP contribution in [0.5, 0.6) is 0 Å². The summed E-state index contributed by atoms with van der Waals surface area (Å²) in [7, 11) is 0. The number of aliphatic hydroxyl groups excluding tert-OH is 1. The maximum Gasteiger partial charge on any atom is 0.443 e. The molecule has 3 N–H and O–H groups in total. The van der Waals surface area contributed by atoms with Crippen LogP contribution >= 0.6 is 11.8 Å². The fraction of sp³-hybridized carbons (Fsp3) is 0.500. The second-order valence-electron chi connectivity index (χ2n) is 5.79. The normalized spacial score (nSPS) is 20.7. The first kappa shape index (κ1) is 19.4. The third-order valence-corrected chi connectivity index (χ3v) is 5.00. The molecule has 1 saturated heterocycles. The van der Waals surface area contributed by atoms with E-state index in [1.165, 1.54) is 18.0 Å². The number of nitrogens with one attached hydrogen (secondary N) is 2. The van der Waals surface area contributed by atoms with Gasteiger partial charge in [0.05, 0.1) is 12.9 Å². The molecule has 10 nitrogen and oxygen atoms in total. The molecule has 0 saturated carbocycles. The molecular formula is C16H19N3O7S. The SMILES string of the molecule is CCSCC(Nc1nc(=O)oc2occc12)C(=O)NC1C(=O)COC1CO. The van der Waals surface area contributed by atoms with Crippen molar-refractivity contribution < 1.29 is 28.3 Å². The molecule has 27 heavy (non-hydrogen) atoms. The number of Topliss-reactive ketones (excluding diaryl/α,β-unsaturated/α-hetero) is 1. The molecule has 146 valence electrons. The van der Waals surface area contributed by atoms with E-state index in [-0.39, 0.29) is 30.6 Å². The largest absolute Gasteiger partial charge is 0.443 e. The Morgan fingerprint density at radius 1 is 1.48 bits per heavy atom. The van der Waals surface area contributed by atoms with Crippen molar-refractivity contribution in [2.75, 3.05) is 30.0 Å². The maximum atomic E-state index is 12.7.